The summed E-state index contributed by atoms with van der Waals surface area (Å²) in [6.07, 6.45) is 5.92. The predicted octanol–water partition coefficient (Wildman–Crippen LogP) is 1.86. The Morgan fingerprint density at radius 3 is 2.16 bits per heavy atom. The average Bonchev–Trinajstić information content (AvgIpc) is 3.56. The smallest absolute Gasteiger partial charge is 0.305 e. The van der Waals surface area contributed by atoms with Crippen molar-refractivity contribution in [1.82, 2.24) is 26.2 Å². The Hall–Kier alpha value is -3.64. The third-order valence-electron chi connectivity index (χ3n) is 10.6. The summed E-state index contributed by atoms with van der Waals surface area (Å²) in [6, 6.07) is 0.990. The quantitative estimate of drug-likeness (QED) is 0.123. The van der Waals surface area contributed by atoms with E-state index in [1.54, 1.807) is 25.1 Å². The zero-order valence-electron chi connectivity index (χ0n) is 33.4. The standard InChI is InChI=1S/C40H59N7O8S2/c1-5-13-27(42)33(50)39(55)47(38(54)32(45-30(49)22-41)26-16-10-7-11-17-26)37(53)29-21-40(56-18-12-19-57-40)35(44-29)34(51)31(25-14-8-6-9-15-25)46-36(52)28(20-23(2)3)43-24(4)48/h7,10-11,16-17,23,25,27-29,31-32,35,44H,5-6,8-9,12-15,18-22,41-42H2,1-4H3,(H,43,48)(H,45,49)(H,46,52)/t27-,28-,29?,31?,32-,35?/m0/s1. The summed E-state index contributed by atoms with van der Waals surface area (Å²) in [5.41, 5.74) is 11.9. The Bertz CT molecular complexity index is 1630. The van der Waals surface area contributed by atoms with Gasteiger partial charge in [0.25, 0.3) is 11.8 Å². The fourth-order valence-corrected chi connectivity index (χ4v) is 11.4. The van der Waals surface area contributed by atoms with Crippen LogP contribution in [0.2, 0.25) is 0 Å². The molecule has 8 N–H and O–H groups in total. The van der Waals surface area contributed by atoms with Crippen molar-refractivity contribution in [3.05, 3.63) is 35.9 Å². The van der Waals surface area contributed by atoms with Gasteiger partial charge in [0, 0.05) is 6.92 Å². The molecule has 6 atom stereocenters. The summed E-state index contributed by atoms with van der Waals surface area (Å²) >= 11 is 3.02. The molecule has 0 aromatic heterocycles. The zero-order chi connectivity index (χ0) is 41.9. The summed E-state index contributed by atoms with van der Waals surface area (Å²) in [5.74, 6) is -5.52. The number of ketones is 2. The lowest BCUT2D eigenvalue weighted by molar-refractivity contribution is -0.160. The molecule has 6 amide bonds. The molecule has 4 rings (SSSR count). The maximum Gasteiger partial charge on any atom is 0.305 e. The molecule has 3 aliphatic rings. The molecule has 17 heteroatoms. The first-order valence-electron chi connectivity index (χ1n) is 20.0. The first-order valence-corrected chi connectivity index (χ1v) is 22.0. The molecule has 1 aliphatic carbocycles. The van der Waals surface area contributed by atoms with E-state index in [9.17, 15) is 33.6 Å². The van der Waals surface area contributed by atoms with Crippen LogP contribution in [-0.2, 0) is 38.4 Å². The largest absolute Gasteiger partial charge is 0.345 e. The van der Waals surface area contributed by atoms with Crippen molar-refractivity contribution >= 4 is 70.5 Å². The molecule has 15 nitrogen and oxygen atoms in total. The van der Waals surface area contributed by atoms with Gasteiger partial charge < -0.3 is 27.4 Å². The molecule has 2 heterocycles. The minimum absolute atomic E-state index is 0.0161. The zero-order valence-corrected chi connectivity index (χ0v) is 35.0. The fraction of sp³-hybridized carbons (Fsp3) is 0.650. The van der Waals surface area contributed by atoms with Crippen molar-refractivity contribution in [2.45, 2.75) is 132 Å². The maximum atomic E-state index is 15.1. The van der Waals surface area contributed by atoms with Crippen LogP contribution in [0.25, 0.3) is 0 Å². The molecule has 57 heavy (non-hydrogen) atoms. The van der Waals surface area contributed by atoms with E-state index < -0.39 is 82.2 Å². The molecule has 2 saturated heterocycles. The van der Waals surface area contributed by atoms with E-state index in [1.165, 1.54) is 42.6 Å². The van der Waals surface area contributed by atoms with Crippen molar-refractivity contribution in [1.29, 1.82) is 0 Å². The lowest BCUT2D eigenvalue weighted by atomic mass is 9.80. The number of rotatable bonds is 17. The number of nitrogens with one attached hydrogen (secondary N) is 4. The van der Waals surface area contributed by atoms with Crippen molar-refractivity contribution in [3.63, 3.8) is 0 Å². The maximum absolute atomic E-state index is 15.1. The van der Waals surface area contributed by atoms with Crippen LogP contribution in [0.5, 0.6) is 0 Å². The van der Waals surface area contributed by atoms with Gasteiger partial charge in [-0.05, 0) is 67.4 Å². The molecule has 0 bridgehead atoms. The number of Topliss-reactive ketones (excluding diaryl/α,β-unsaturated/α-hetero) is 2. The van der Waals surface area contributed by atoms with E-state index in [-0.39, 0.29) is 46.8 Å². The lowest BCUT2D eigenvalue weighted by Gasteiger charge is -2.39. The van der Waals surface area contributed by atoms with Crippen molar-refractivity contribution in [2.75, 3.05) is 18.1 Å². The molecule has 1 aromatic rings. The fourth-order valence-electron chi connectivity index (χ4n) is 7.85. The van der Waals surface area contributed by atoms with E-state index in [0.717, 1.165) is 25.7 Å². The van der Waals surface area contributed by atoms with Crippen LogP contribution in [-0.4, -0.2) is 104 Å². The highest BCUT2D eigenvalue weighted by Crippen LogP contribution is 2.52. The number of carbonyl (C=O) groups is 8. The van der Waals surface area contributed by atoms with E-state index in [4.69, 9.17) is 11.5 Å². The Morgan fingerprint density at radius 1 is 0.930 bits per heavy atom. The molecule has 0 radical (unpaired) electrons. The van der Waals surface area contributed by atoms with Gasteiger partial charge in [0.2, 0.25) is 23.5 Å². The van der Waals surface area contributed by atoms with Crippen molar-refractivity contribution in [3.8, 4) is 0 Å². The highest BCUT2D eigenvalue weighted by molar-refractivity contribution is 8.19. The molecule has 3 unspecified atom stereocenters. The number of imide groups is 3. The van der Waals surface area contributed by atoms with Gasteiger partial charge in [0.15, 0.2) is 5.78 Å². The Labute approximate surface area is 343 Å². The highest BCUT2D eigenvalue weighted by Gasteiger charge is 2.57. The van der Waals surface area contributed by atoms with Crippen LogP contribution >= 0.6 is 23.5 Å². The molecule has 1 aromatic carbocycles. The second-order valence-corrected chi connectivity index (χ2v) is 18.7. The second-order valence-electron chi connectivity index (χ2n) is 15.6. The normalized spacial score (nSPS) is 21.5. The first kappa shape index (κ1) is 46.1. The molecule has 3 fully saturated rings. The lowest BCUT2D eigenvalue weighted by Crippen LogP contribution is -2.61. The van der Waals surface area contributed by atoms with Crippen molar-refractivity contribution < 1.29 is 38.4 Å². The summed E-state index contributed by atoms with van der Waals surface area (Å²) < 4.78 is -0.921. The van der Waals surface area contributed by atoms with E-state index in [0.29, 0.717) is 37.2 Å². The van der Waals surface area contributed by atoms with E-state index >= 15 is 4.79 Å². The van der Waals surface area contributed by atoms with Gasteiger partial charge in [0.05, 0.1) is 34.8 Å². The Kier molecular flexibility index (Phi) is 17.3. The average molecular weight is 830 g/mol. The number of thioether (sulfide) groups is 2. The third-order valence-corrected chi connectivity index (χ3v) is 14.1. The SMILES string of the molecule is CCC[C@H](N)C(=O)C(=O)N(C(=O)C1CC2(SCCCS2)C(C(=O)C(NC(=O)[C@H](CC(C)C)NC(C)=O)C2CCCCC2)N1)C(=O)[C@@H](NC(=O)CN)c1ccccc1. The number of benzene rings is 1. The van der Waals surface area contributed by atoms with Gasteiger partial charge in [-0.1, -0.05) is 76.8 Å². The summed E-state index contributed by atoms with van der Waals surface area (Å²) in [6.45, 7) is 6.48. The number of hydrogen-bond donors (Lipinski definition) is 6. The van der Waals surface area contributed by atoms with Crippen LogP contribution in [0.4, 0.5) is 0 Å². The van der Waals surface area contributed by atoms with E-state index in [2.05, 4.69) is 21.3 Å². The minimum Gasteiger partial charge on any atom is -0.345 e. The number of hydrogen-bond acceptors (Lipinski definition) is 13. The first-order chi connectivity index (χ1) is 27.1. The van der Waals surface area contributed by atoms with Crippen molar-refractivity contribution in [2.24, 2.45) is 23.3 Å². The Morgan fingerprint density at radius 2 is 1.58 bits per heavy atom. The van der Waals surface area contributed by atoms with Gasteiger partial charge >= 0.3 is 5.91 Å². The molecular weight excluding hydrogens is 771 g/mol. The number of nitrogens with zero attached hydrogens (tertiary/aromatic N) is 1. The highest BCUT2D eigenvalue weighted by atomic mass is 32.2. The topological polar surface area (TPSA) is 240 Å². The molecule has 1 saturated carbocycles. The van der Waals surface area contributed by atoms with Crippen LogP contribution in [0.15, 0.2) is 30.3 Å². The molecular formula is C40H59N7O8S2. The van der Waals surface area contributed by atoms with Gasteiger partial charge in [-0.3, -0.25) is 43.7 Å². The number of nitrogens with two attached hydrogens (primary N) is 2. The van der Waals surface area contributed by atoms with Crippen LogP contribution in [0, 0.1) is 11.8 Å². The van der Waals surface area contributed by atoms with Crippen LogP contribution in [0.1, 0.15) is 104 Å². The van der Waals surface area contributed by atoms with Gasteiger partial charge in [-0.15, -0.1) is 23.5 Å². The Balaban J connectivity index is 1.75. The summed E-state index contributed by atoms with van der Waals surface area (Å²) in [5, 5.41) is 11.4. The number of carbonyl (C=O) groups excluding carboxylic acids is 8. The van der Waals surface area contributed by atoms with Gasteiger partial charge in [0.1, 0.15) is 12.1 Å². The van der Waals surface area contributed by atoms with Crippen LogP contribution in [0.3, 0.4) is 0 Å². The summed E-state index contributed by atoms with van der Waals surface area (Å²) in [7, 11) is 0. The predicted molar refractivity (Wildman–Crippen MR) is 219 cm³/mol. The second kappa shape index (κ2) is 21.4. The molecule has 2 aliphatic heterocycles. The van der Waals surface area contributed by atoms with E-state index in [1.807, 2.05) is 13.8 Å². The van der Waals surface area contributed by atoms with Gasteiger partial charge in [-0.2, -0.15) is 0 Å². The number of amides is 6. The molecule has 314 valence electrons. The van der Waals surface area contributed by atoms with Gasteiger partial charge in [-0.25, -0.2) is 4.90 Å². The third kappa shape index (κ3) is 11.7. The molecule has 1 spiro atoms. The summed E-state index contributed by atoms with van der Waals surface area (Å²) in [4.78, 5) is 111. The van der Waals surface area contributed by atoms with Crippen LogP contribution < -0.4 is 32.7 Å². The monoisotopic (exact) mass is 829 g/mol. The minimum atomic E-state index is -1.56.